The Hall–Kier alpha value is -0.330. The zero-order chi connectivity index (χ0) is 14.1. The number of hydrogen-bond donors (Lipinski definition) is 4. The quantitative estimate of drug-likeness (QED) is 0.421. The maximum absolute atomic E-state index is 11.2. The smallest absolute Gasteiger partial charge is 0.277 e. The number of nitrogens with zero attached hydrogens (tertiary/aromatic N) is 1. The van der Waals surface area contributed by atoms with E-state index in [1.807, 2.05) is 0 Å². The van der Waals surface area contributed by atoms with Crippen molar-refractivity contribution in [3.05, 3.63) is 0 Å². The summed E-state index contributed by atoms with van der Waals surface area (Å²) in [6.45, 7) is -0.538. The molecule has 5 N–H and O–H groups in total. The molecular weight excluding hydrogens is 268 g/mol. The summed E-state index contributed by atoms with van der Waals surface area (Å²) in [5.41, 5.74) is 0. The molecule has 0 radical (unpaired) electrons. The SMILES string of the molecule is CO[C@@H]1O[C@H](CO)[C@@H](O)[C@H](O)[C@H]1N(C)S(N)(=O)=O. The molecule has 0 aromatic heterocycles. The molecule has 0 aliphatic carbocycles. The molecule has 0 saturated carbocycles. The van der Waals surface area contributed by atoms with Crippen molar-refractivity contribution in [2.24, 2.45) is 5.14 Å². The van der Waals surface area contributed by atoms with Gasteiger partial charge in [0.25, 0.3) is 10.2 Å². The number of aliphatic hydroxyl groups is 3. The van der Waals surface area contributed by atoms with E-state index in [1.165, 1.54) is 7.11 Å². The summed E-state index contributed by atoms with van der Waals surface area (Å²) in [5, 5.41) is 33.5. The summed E-state index contributed by atoms with van der Waals surface area (Å²) in [5.74, 6) is 0. The van der Waals surface area contributed by atoms with E-state index in [2.05, 4.69) is 0 Å². The molecule has 0 amide bonds. The summed E-state index contributed by atoms with van der Waals surface area (Å²) in [4.78, 5) is 0. The Morgan fingerprint density at radius 1 is 1.39 bits per heavy atom. The largest absolute Gasteiger partial charge is 0.394 e. The second-order valence-corrected chi connectivity index (χ2v) is 5.60. The summed E-state index contributed by atoms with van der Waals surface area (Å²) in [6.07, 6.45) is -5.15. The van der Waals surface area contributed by atoms with Gasteiger partial charge in [0.05, 0.1) is 6.61 Å². The van der Waals surface area contributed by atoms with Gasteiger partial charge in [-0.25, -0.2) is 5.14 Å². The van der Waals surface area contributed by atoms with Crippen molar-refractivity contribution in [1.29, 1.82) is 0 Å². The predicted molar refractivity (Wildman–Crippen MR) is 59.4 cm³/mol. The van der Waals surface area contributed by atoms with Crippen LogP contribution in [0, 0.1) is 0 Å². The van der Waals surface area contributed by atoms with Crippen LogP contribution < -0.4 is 5.14 Å². The number of hydrogen-bond acceptors (Lipinski definition) is 7. The van der Waals surface area contributed by atoms with Crippen LogP contribution in [-0.2, 0) is 19.7 Å². The van der Waals surface area contributed by atoms with Crippen LogP contribution in [0.15, 0.2) is 0 Å². The number of rotatable bonds is 4. The van der Waals surface area contributed by atoms with Crippen LogP contribution in [0.1, 0.15) is 0 Å². The van der Waals surface area contributed by atoms with Gasteiger partial charge < -0.3 is 24.8 Å². The van der Waals surface area contributed by atoms with Crippen molar-refractivity contribution in [1.82, 2.24) is 4.31 Å². The van der Waals surface area contributed by atoms with Crippen molar-refractivity contribution in [3.8, 4) is 0 Å². The van der Waals surface area contributed by atoms with E-state index >= 15 is 0 Å². The molecule has 1 saturated heterocycles. The Morgan fingerprint density at radius 2 is 1.94 bits per heavy atom. The Kier molecular flexibility index (Phi) is 5.03. The van der Waals surface area contributed by atoms with E-state index in [-0.39, 0.29) is 0 Å². The molecule has 1 fully saturated rings. The number of aliphatic hydroxyl groups excluding tert-OH is 3. The lowest BCUT2D eigenvalue weighted by Crippen LogP contribution is -2.65. The van der Waals surface area contributed by atoms with Crippen LogP contribution in [0.25, 0.3) is 0 Å². The highest BCUT2D eigenvalue weighted by Gasteiger charge is 2.48. The average Bonchev–Trinajstić information content (AvgIpc) is 2.30. The van der Waals surface area contributed by atoms with E-state index < -0.39 is 47.5 Å². The Bertz CT molecular complexity index is 374. The van der Waals surface area contributed by atoms with Gasteiger partial charge in [-0.2, -0.15) is 12.7 Å². The number of ether oxygens (including phenoxy) is 2. The Morgan fingerprint density at radius 3 is 2.33 bits per heavy atom. The zero-order valence-corrected chi connectivity index (χ0v) is 10.8. The van der Waals surface area contributed by atoms with Crippen LogP contribution >= 0.6 is 0 Å². The van der Waals surface area contributed by atoms with Crippen molar-refractivity contribution in [2.75, 3.05) is 20.8 Å². The van der Waals surface area contributed by atoms with Crippen LogP contribution in [0.4, 0.5) is 0 Å². The molecule has 108 valence electrons. The Balaban J connectivity index is 3.01. The lowest BCUT2D eigenvalue weighted by atomic mass is 9.97. The van der Waals surface area contributed by atoms with Gasteiger partial charge in [-0.05, 0) is 0 Å². The van der Waals surface area contributed by atoms with Crippen molar-refractivity contribution in [2.45, 2.75) is 30.6 Å². The van der Waals surface area contributed by atoms with Crippen LogP contribution in [0.5, 0.6) is 0 Å². The predicted octanol–water partition coefficient (Wildman–Crippen LogP) is -3.42. The van der Waals surface area contributed by atoms with Gasteiger partial charge in [-0.1, -0.05) is 0 Å². The van der Waals surface area contributed by atoms with Gasteiger partial charge in [0.15, 0.2) is 6.29 Å². The normalized spacial score (nSPS) is 38.1. The first kappa shape index (κ1) is 15.7. The molecule has 0 aromatic carbocycles. The molecular formula is C8H18N2O7S. The molecule has 18 heavy (non-hydrogen) atoms. The van der Waals surface area contributed by atoms with Gasteiger partial charge >= 0.3 is 0 Å². The molecule has 0 bridgehead atoms. The second kappa shape index (κ2) is 5.75. The van der Waals surface area contributed by atoms with E-state index in [0.29, 0.717) is 4.31 Å². The highest BCUT2D eigenvalue weighted by molar-refractivity contribution is 7.86. The van der Waals surface area contributed by atoms with Gasteiger partial charge in [0.1, 0.15) is 24.4 Å². The average molecular weight is 286 g/mol. The summed E-state index contributed by atoms with van der Waals surface area (Å²) in [7, 11) is -1.71. The van der Waals surface area contributed by atoms with Crippen molar-refractivity contribution < 1.29 is 33.2 Å². The molecule has 10 heteroatoms. The number of likely N-dealkylation sites (N-methyl/N-ethyl adjacent to an activating group) is 1. The lowest BCUT2D eigenvalue weighted by molar-refractivity contribution is -0.271. The van der Waals surface area contributed by atoms with Gasteiger partial charge in [-0.3, -0.25) is 0 Å². The topological polar surface area (TPSA) is 143 Å². The van der Waals surface area contributed by atoms with Crippen molar-refractivity contribution >= 4 is 10.2 Å². The fraction of sp³-hybridized carbons (Fsp3) is 1.00. The fourth-order valence-corrected chi connectivity index (χ4v) is 2.38. The monoisotopic (exact) mass is 286 g/mol. The summed E-state index contributed by atoms with van der Waals surface area (Å²) < 4.78 is 33.2. The highest BCUT2D eigenvalue weighted by atomic mass is 32.2. The van der Waals surface area contributed by atoms with E-state index in [9.17, 15) is 18.6 Å². The minimum absolute atomic E-state index is 0.538. The zero-order valence-electron chi connectivity index (χ0n) is 10.0. The fourth-order valence-electron chi connectivity index (χ4n) is 1.82. The number of nitrogens with two attached hydrogens (primary N) is 1. The molecule has 0 spiro atoms. The lowest BCUT2D eigenvalue weighted by Gasteiger charge is -2.44. The molecule has 0 unspecified atom stereocenters. The first-order chi connectivity index (χ1) is 8.23. The first-order valence-electron chi connectivity index (χ1n) is 5.15. The van der Waals surface area contributed by atoms with Crippen LogP contribution in [-0.4, -0.2) is 79.5 Å². The first-order valence-corrected chi connectivity index (χ1v) is 6.65. The van der Waals surface area contributed by atoms with E-state index in [0.717, 1.165) is 7.05 Å². The minimum atomic E-state index is -4.09. The summed E-state index contributed by atoms with van der Waals surface area (Å²) in [6, 6.07) is -1.21. The molecule has 9 nitrogen and oxygen atoms in total. The minimum Gasteiger partial charge on any atom is -0.394 e. The van der Waals surface area contributed by atoms with Crippen LogP contribution in [0.2, 0.25) is 0 Å². The third-order valence-corrected chi connectivity index (χ3v) is 3.95. The molecule has 1 aliphatic rings. The summed E-state index contributed by atoms with van der Waals surface area (Å²) >= 11 is 0. The molecule has 1 heterocycles. The molecule has 5 atom stereocenters. The second-order valence-electron chi connectivity index (χ2n) is 3.99. The highest BCUT2D eigenvalue weighted by Crippen LogP contribution is 2.25. The maximum atomic E-state index is 11.2. The van der Waals surface area contributed by atoms with Crippen molar-refractivity contribution in [3.63, 3.8) is 0 Å². The standard InChI is InChI=1S/C8H18N2O7S/c1-10(18(9,14)15)5-7(13)6(12)4(3-11)17-8(5)16-2/h4-8,11-13H,3H2,1-2H3,(H2,9,14,15)/t4-,5-,6-,7-,8-/m1/s1. The molecule has 1 rings (SSSR count). The third-order valence-electron chi connectivity index (χ3n) is 2.90. The van der Waals surface area contributed by atoms with E-state index in [4.69, 9.17) is 19.7 Å². The molecule has 1 aliphatic heterocycles. The van der Waals surface area contributed by atoms with E-state index in [1.54, 1.807) is 0 Å². The number of methoxy groups -OCH3 is 1. The third kappa shape index (κ3) is 2.97. The van der Waals surface area contributed by atoms with Gasteiger partial charge in [0, 0.05) is 14.2 Å². The van der Waals surface area contributed by atoms with Gasteiger partial charge in [-0.15, -0.1) is 0 Å². The molecule has 0 aromatic rings. The Labute approximate surface area is 105 Å². The van der Waals surface area contributed by atoms with Gasteiger partial charge in [0.2, 0.25) is 0 Å². The maximum Gasteiger partial charge on any atom is 0.277 e. The van der Waals surface area contributed by atoms with Crippen LogP contribution in [0.3, 0.4) is 0 Å².